The van der Waals surface area contributed by atoms with Crippen molar-refractivity contribution in [1.29, 1.82) is 0 Å². The molecule has 0 atom stereocenters. The minimum absolute atomic E-state index is 0.0393. The van der Waals surface area contributed by atoms with Crippen LogP contribution in [0.1, 0.15) is 109 Å². The van der Waals surface area contributed by atoms with Gasteiger partial charge >= 0.3 is 0 Å². The molecule has 0 bridgehead atoms. The third kappa shape index (κ3) is 8.02. The van der Waals surface area contributed by atoms with E-state index in [9.17, 15) is 8.78 Å². The summed E-state index contributed by atoms with van der Waals surface area (Å²) in [5.41, 5.74) is 1.68. The first-order valence-corrected chi connectivity index (χ1v) is 17.2. The van der Waals surface area contributed by atoms with E-state index in [1.165, 1.54) is 37.8 Å². The molecule has 0 amide bonds. The van der Waals surface area contributed by atoms with E-state index in [1.54, 1.807) is 36.4 Å². The van der Waals surface area contributed by atoms with Gasteiger partial charge in [-0.3, -0.25) is 0 Å². The van der Waals surface area contributed by atoms with Crippen molar-refractivity contribution in [3.8, 4) is 28.0 Å². The van der Waals surface area contributed by atoms with Crippen molar-refractivity contribution in [1.82, 2.24) is 0 Å². The first kappa shape index (κ1) is 33.3. The van der Waals surface area contributed by atoms with E-state index in [4.69, 9.17) is 4.74 Å². The van der Waals surface area contributed by atoms with Crippen LogP contribution in [0.15, 0.2) is 60.7 Å². The lowest BCUT2D eigenvalue weighted by Gasteiger charge is -2.37. The maximum Gasteiger partial charge on any atom is 0.201 e. The highest BCUT2D eigenvalue weighted by atomic mass is 19.2. The summed E-state index contributed by atoms with van der Waals surface area (Å²) in [7, 11) is 0. The van der Waals surface area contributed by atoms with Crippen molar-refractivity contribution in [3.63, 3.8) is 0 Å². The Labute approximate surface area is 267 Å². The topological polar surface area (TPSA) is 9.23 Å². The fourth-order valence-electron chi connectivity index (χ4n) is 7.67. The van der Waals surface area contributed by atoms with E-state index >= 15 is 8.78 Å². The van der Waals surface area contributed by atoms with Gasteiger partial charge in [0.1, 0.15) is 0 Å². The van der Waals surface area contributed by atoms with Crippen LogP contribution in [-0.4, -0.2) is 6.61 Å². The SMILES string of the molecule is C/C=C/C1CCC(C2CCC(c3ccc(-c4ccc(-c5ccc(OCCCCCCC)c(F)c5F)cc4)c(F)c3F)CC2)CC1. The highest BCUT2D eigenvalue weighted by molar-refractivity contribution is 5.72. The number of halogens is 4. The average Bonchev–Trinajstić information content (AvgIpc) is 3.07. The highest BCUT2D eigenvalue weighted by Gasteiger charge is 2.32. The molecule has 0 heterocycles. The predicted molar refractivity (Wildman–Crippen MR) is 176 cm³/mol. The first-order chi connectivity index (χ1) is 21.9. The molecule has 3 aromatic rings. The van der Waals surface area contributed by atoms with Crippen molar-refractivity contribution in [2.45, 2.75) is 103 Å². The zero-order valence-electron chi connectivity index (χ0n) is 26.9. The lowest BCUT2D eigenvalue weighted by atomic mass is 9.68. The second-order valence-electron chi connectivity index (χ2n) is 13.2. The largest absolute Gasteiger partial charge is 0.490 e. The summed E-state index contributed by atoms with van der Waals surface area (Å²) in [6.45, 7) is 4.58. The van der Waals surface area contributed by atoms with Crippen molar-refractivity contribution in [2.75, 3.05) is 6.61 Å². The maximum atomic E-state index is 15.5. The molecule has 2 saturated carbocycles. The van der Waals surface area contributed by atoms with Crippen LogP contribution in [0.5, 0.6) is 5.75 Å². The summed E-state index contributed by atoms with van der Waals surface area (Å²) in [5.74, 6) is -1.48. The fraction of sp³-hybridized carbons (Fsp3) is 0.500. The van der Waals surface area contributed by atoms with E-state index in [0.29, 0.717) is 29.2 Å². The molecular formula is C40H48F4O. The Morgan fingerprint density at radius 1 is 0.622 bits per heavy atom. The minimum atomic E-state index is -1.01. The molecule has 0 saturated heterocycles. The zero-order chi connectivity index (χ0) is 31.8. The Bertz CT molecular complexity index is 1410. The Kier molecular flexibility index (Phi) is 11.8. The van der Waals surface area contributed by atoms with E-state index in [2.05, 4.69) is 26.0 Å². The van der Waals surface area contributed by atoms with Gasteiger partial charge < -0.3 is 4.74 Å². The standard InChI is InChI=1S/C40H48F4O/c1-3-5-6-7-8-26-45-36-25-24-35(39(43)40(36)44)32-20-18-31(19-21-32)34-23-22-33(37(41)38(34)42)30-16-14-29(15-17-30)28-12-10-27(9-4-2)11-13-28/h4,9,18-25,27-30H,3,5-8,10-17,26H2,1-2H3/b9-4+. The van der Waals surface area contributed by atoms with Gasteiger partial charge in [-0.25, -0.2) is 13.2 Å². The zero-order valence-corrected chi connectivity index (χ0v) is 26.9. The van der Waals surface area contributed by atoms with Crippen LogP contribution in [0.3, 0.4) is 0 Å². The summed E-state index contributed by atoms with van der Waals surface area (Å²) in [4.78, 5) is 0. The molecule has 45 heavy (non-hydrogen) atoms. The van der Waals surface area contributed by atoms with Crippen molar-refractivity contribution in [3.05, 3.63) is 89.5 Å². The lowest BCUT2D eigenvalue weighted by molar-refractivity contribution is 0.170. The number of hydrogen-bond acceptors (Lipinski definition) is 1. The molecule has 5 rings (SSSR count). The molecule has 0 aliphatic heterocycles. The first-order valence-electron chi connectivity index (χ1n) is 17.2. The van der Waals surface area contributed by atoms with Gasteiger partial charge in [0.2, 0.25) is 5.82 Å². The van der Waals surface area contributed by atoms with Gasteiger partial charge in [-0.15, -0.1) is 0 Å². The van der Waals surface area contributed by atoms with Crippen LogP contribution in [0.25, 0.3) is 22.3 Å². The summed E-state index contributed by atoms with van der Waals surface area (Å²) in [6.07, 6.45) is 18.7. The van der Waals surface area contributed by atoms with Gasteiger partial charge in [0.05, 0.1) is 6.61 Å². The lowest BCUT2D eigenvalue weighted by Crippen LogP contribution is -2.25. The predicted octanol–water partition coefficient (Wildman–Crippen LogP) is 12.6. The minimum Gasteiger partial charge on any atom is -0.490 e. The van der Waals surface area contributed by atoms with Crippen LogP contribution >= 0.6 is 0 Å². The second-order valence-corrected chi connectivity index (χ2v) is 13.2. The second kappa shape index (κ2) is 16.0. The van der Waals surface area contributed by atoms with E-state index < -0.39 is 23.3 Å². The Morgan fingerprint density at radius 2 is 1.18 bits per heavy atom. The van der Waals surface area contributed by atoms with Crippen LogP contribution in [0.4, 0.5) is 17.6 Å². The summed E-state index contributed by atoms with van der Waals surface area (Å²) in [6, 6.07) is 12.8. The molecule has 3 aromatic carbocycles. The van der Waals surface area contributed by atoms with Gasteiger partial charge in [0, 0.05) is 11.1 Å². The Hall–Kier alpha value is -3.08. The molecule has 5 heteroatoms. The molecule has 0 N–H and O–H groups in total. The molecule has 2 aliphatic carbocycles. The van der Waals surface area contributed by atoms with Gasteiger partial charge in [-0.05, 0) is 117 Å². The molecule has 2 fully saturated rings. The van der Waals surface area contributed by atoms with Gasteiger partial charge in [-0.2, -0.15) is 4.39 Å². The Balaban J connectivity index is 1.20. The summed E-state index contributed by atoms with van der Waals surface area (Å²) >= 11 is 0. The van der Waals surface area contributed by atoms with Gasteiger partial charge in [-0.1, -0.05) is 81.2 Å². The normalized spacial score (nSPS) is 22.2. The third-order valence-electron chi connectivity index (χ3n) is 10.3. The van der Waals surface area contributed by atoms with Crippen LogP contribution in [0.2, 0.25) is 0 Å². The quantitative estimate of drug-likeness (QED) is 0.111. The molecule has 0 unspecified atom stereocenters. The van der Waals surface area contributed by atoms with E-state index in [-0.39, 0.29) is 22.8 Å². The van der Waals surface area contributed by atoms with Crippen molar-refractivity contribution in [2.24, 2.45) is 17.8 Å². The van der Waals surface area contributed by atoms with Gasteiger partial charge in [0.15, 0.2) is 23.2 Å². The number of benzene rings is 3. The van der Waals surface area contributed by atoms with Crippen LogP contribution in [0, 0.1) is 41.0 Å². The molecule has 1 nitrogen and oxygen atoms in total. The monoisotopic (exact) mass is 620 g/mol. The summed E-state index contributed by atoms with van der Waals surface area (Å²) < 4.78 is 66.2. The number of allylic oxidation sites excluding steroid dienone is 2. The van der Waals surface area contributed by atoms with Crippen LogP contribution < -0.4 is 4.74 Å². The molecule has 242 valence electrons. The molecule has 0 spiro atoms. The van der Waals surface area contributed by atoms with E-state index in [0.717, 1.165) is 69.6 Å². The number of rotatable bonds is 12. The highest BCUT2D eigenvalue weighted by Crippen LogP contribution is 2.45. The number of hydrogen-bond donors (Lipinski definition) is 0. The molecule has 0 aromatic heterocycles. The van der Waals surface area contributed by atoms with Gasteiger partial charge in [0.25, 0.3) is 0 Å². The third-order valence-corrected chi connectivity index (χ3v) is 10.3. The van der Waals surface area contributed by atoms with Crippen molar-refractivity contribution < 1.29 is 22.3 Å². The fourth-order valence-corrected chi connectivity index (χ4v) is 7.67. The van der Waals surface area contributed by atoms with Crippen molar-refractivity contribution >= 4 is 0 Å². The smallest absolute Gasteiger partial charge is 0.201 e. The van der Waals surface area contributed by atoms with E-state index in [1.807, 2.05) is 0 Å². The molecular weight excluding hydrogens is 572 g/mol. The Morgan fingerprint density at radius 3 is 1.78 bits per heavy atom. The molecule has 2 aliphatic rings. The number of ether oxygens (including phenoxy) is 1. The molecule has 0 radical (unpaired) electrons. The van der Waals surface area contributed by atoms with Crippen LogP contribution in [-0.2, 0) is 0 Å². The average molecular weight is 621 g/mol. The summed E-state index contributed by atoms with van der Waals surface area (Å²) in [5, 5.41) is 0. The maximum absolute atomic E-state index is 15.5. The number of unbranched alkanes of at least 4 members (excludes halogenated alkanes) is 4.